The average Bonchev–Trinajstić information content (AvgIpc) is 3.15. The SMILES string of the molecule is N[C@H](C(=O)O)[C@H](O)[C@@]1(C(=O)O)CC[C@H](C[C@H](NC(=O)c2cc(O)c(O)c(Cl)c2)C(=O)O)N1. The molecule has 0 saturated carbocycles. The average molecular weight is 476 g/mol. The van der Waals surface area contributed by atoms with Crippen LogP contribution in [0.4, 0.5) is 0 Å². The Morgan fingerprint density at radius 1 is 1.19 bits per heavy atom. The van der Waals surface area contributed by atoms with Gasteiger partial charge in [-0.1, -0.05) is 11.6 Å². The standard InChI is InChI=1S/C18H22ClN3O10/c19-8-3-6(4-10(23)12(8)24)14(26)21-9(15(27)28)5-7-1-2-18(22-7,17(31)32)13(25)11(20)16(29)30/h3-4,7,9,11,13,22-25H,1-2,5,20H2,(H,21,26)(H,27,28)(H,29,30)(H,31,32)/t7-,9+,11+,13+,18-/m1/s1. The lowest BCUT2D eigenvalue weighted by atomic mass is 9.86. The number of carboxylic acid groups (broad SMARTS) is 3. The molecule has 0 radical (unpaired) electrons. The maximum absolute atomic E-state index is 12.4. The number of nitrogens with two attached hydrogens (primary N) is 1. The van der Waals surface area contributed by atoms with E-state index in [2.05, 4.69) is 10.6 Å². The number of aliphatic hydroxyl groups is 1. The molecular weight excluding hydrogens is 454 g/mol. The topological polar surface area (TPSA) is 240 Å². The number of phenolic OH excluding ortho intramolecular Hbond substituents is 2. The highest BCUT2D eigenvalue weighted by Crippen LogP contribution is 2.34. The smallest absolute Gasteiger partial charge is 0.326 e. The highest BCUT2D eigenvalue weighted by atomic mass is 35.5. The van der Waals surface area contributed by atoms with Gasteiger partial charge in [-0.3, -0.25) is 19.7 Å². The molecule has 1 aliphatic rings. The van der Waals surface area contributed by atoms with E-state index in [-0.39, 0.29) is 29.8 Å². The van der Waals surface area contributed by atoms with Crippen LogP contribution in [0.3, 0.4) is 0 Å². The normalized spacial score (nSPS) is 23.2. The van der Waals surface area contributed by atoms with E-state index < -0.39 is 65.1 Å². The number of halogens is 1. The van der Waals surface area contributed by atoms with Crippen molar-refractivity contribution in [2.75, 3.05) is 0 Å². The van der Waals surface area contributed by atoms with Crippen molar-refractivity contribution in [3.63, 3.8) is 0 Å². The quantitative estimate of drug-likeness (QED) is 0.189. The fourth-order valence-electron chi connectivity index (χ4n) is 3.52. The van der Waals surface area contributed by atoms with Gasteiger partial charge in [-0.15, -0.1) is 0 Å². The first-order chi connectivity index (χ1) is 14.8. The maximum atomic E-state index is 12.4. The summed E-state index contributed by atoms with van der Waals surface area (Å²) >= 11 is 5.69. The Kier molecular flexibility index (Phi) is 7.51. The van der Waals surface area contributed by atoms with E-state index in [0.717, 1.165) is 12.1 Å². The Bertz CT molecular complexity index is 919. The Morgan fingerprint density at radius 2 is 1.81 bits per heavy atom. The number of carbonyl (C=O) groups excluding carboxylic acids is 1. The molecule has 5 atom stereocenters. The molecule has 1 saturated heterocycles. The molecule has 1 aromatic rings. The summed E-state index contributed by atoms with van der Waals surface area (Å²) < 4.78 is 0. The van der Waals surface area contributed by atoms with Gasteiger partial charge in [0.1, 0.15) is 23.7 Å². The minimum absolute atomic E-state index is 0.0428. The number of amides is 1. The number of rotatable bonds is 9. The Balaban J connectivity index is 2.17. The zero-order valence-electron chi connectivity index (χ0n) is 16.4. The lowest BCUT2D eigenvalue weighted by Gasteiger charge is -2.33. The lowest BCUT2D eigenvalue weighted by molar-refractivity contribution is -0.153. The molecule has 0 aromatic heterocycles. The Labute approximate surface area is 185 Å². The van der Waals surface area contributed by atoms with Crippen molar-refractivity contribution in [2.24, 2.45) is 5.73 Å². The van der Waals surface area contributed by atoms with Crippen LogP contribution in [0.15, 0.2) is 12.1 Å². The second-order valence-electron chi connectivity index (χ2n) is 7.39. The van der Waals surface area contributed by atoms with Gasteiger partial charge in [0.25, 0.3) is 5.91 Å². The summed E-state index contributed by atoms with van der Waals surface area (Å²) in [5, 5.41) is 61.7. The van der Waals surface area contributed by atoms with Gasteiger partial charge in [-0.25, -0.2) is 4.79 Å². The van der Waals surface area contributed by atoms with Crippen LogP contribution in [0.5, 0.6) is 11.5 Å². The van der Waals surface area contributed by atoms with Crippen LogP contribution in [-0.2, 0) is 14.4 Å². The van der Waals surface area contributed by atoms with Gasteiger partial charge in [-0.05, 0) is 31.4 Å². The second kappa shape index (κ2) is 9.56. The third-order valence-corrected chi connectivity index (χ3v) is 5.58. The third kappa shape index (κ3) is 5.02. The summed E-state index contributed by atoms with van der Waals surface area (Å²) in [6.45, 7) is 0. The molecule has 2 rings (SSSR count). The van der Waals surface area contributed by atoms with E-state index in [4.69, 9.17) is 22.4 Å². The molecule has 14 heteroatoms. The summed E-state index contributed by atoms with van der Waals surface area (Å²) in [4.78, 5) is 46.9. The summed E-state index contributed by atoms with van der Waals surface area (Å²) in [7, 11) is 0. The number of aliphatic hydroxyl groups excluding tert-OH is 1. The predicted octanol–water partition coefficient (Wildman–Crippen LogP) is -1.33. The summed E-state index contributed by atoms with van der Waals surface area (Å²) in [6, 6.07) is -2.37. The highest BCUT2D eigenvalue weighted by Gasteiger charge is 2.54. The van der Waals surface area contributed by atoms with E-state index in [1.165, 1.54) is 0 Å². The van der Waals surface area contributed by atoms with Crippen LogP contribution < -0.4 is 16.4 Å². The molecule has 10 N–H and O–H groups in total. The maximum Gasteiger partial charge on any atom is 0.326 e. The first kappa shape index (κ1) is 25.1. The number of benzene rings is 1. The van der Waals surface area contributed by atoms with E-state index in [1.54, 1.807) is 0 Å². The molecule has 1 aromatic carbocycles. The minimum atomic E-state index is -2.12. The van der Waals surface area contributed by atoms with Crippen LogP contribution in [0.25, 0.3) is 0 Å². The van der Waals surface area contributed by atoms with E-state index in [0.29, 0.717) is 0 Å². The minimum Gasteiger partial charge on any atom is -0.504 e. The first-order valence-corrected chi connectivity index (χ1v) is 9.60. The van der Waals surface area contributed by atoms with Gasteiger partial charge in [0.05, 0.1) is 5.02 Å². The van der Waals surface area contributed by atoms with E-state index in [9.17, 15) is 44.7 Å². The van der Waals surface area contributed by atoms with Crippen LogP contribution in [0, 0.1) is 0 Å². The highest BCUT2D eigenvalue weighted by molar-refractivity contribution is 6.32. The number of phenols is 2. The summed E-state index contributed by atoms with van der Waals surface area (Å²) in [5.74, 6) is -6.92. The molecule has 176 valence electrons. The second-order valence-corrected chi connectivity index (χ2v) is 7.80. The van der Waals surface area contributed by atoms with E-state index >= 15 is 0 Å². The van der Waals surface area contributed by atoms with Crippen LogP contribution in [0.2, 0.25) is 5.02 Å². The van der Waals surface area contributed by atoms with Gasteiger partial charge in [0.15, 0.2) is 11.5 Å². The van der Waals surface area contributed by atoms with Crippen molar-refractivity contribution in [3.05, 3.63) is 22.7 Å². The zero-order valence-corrected chi connectivity index (χ0v) is 17.1. The van der Waals surface area contributed by atoms with Gasteiger partial charge in [-0.2, -0.15) is 0 Å². The lowest BCUT2D eigenvalue weighted by Crippen LogP contribution is -2.65. The molecule has 13 nitrogen and oxygen atoms in total. The molecule has 1 heterocycles. The van der Waals surface area contributed by atoms with Crippen molar-refractivity contribution < 1.29 is 49.8 Å². The molecule has 32 heavy (non-hydrogen) atoms. The molecule has 1 fully saturated rings. The van der Waals surface area contributed by atoms with Crippen molar-refractivity contribution >= 4 is 35.4 Å². The van der Waals surface area contributed by atoms with Crippen LogP contribution in [0.1, 0.15) is 29.6 Å². The number of carbonyl (C=O) groups is 4. The van der Waals surface area contributed by atoms with Gasteiger partial charge >= 0.3 is 17.9 Å². The largest absolute Gasteiger partial charge is 0.504 e. The van der Waals surface area contributed by atoms with E-state index in [1.807, 2.05) is 0 Å². The van der Waals surface area contributed by atoms with Crippen molar-refractivity contribution in [1.29, 1.82) is 0 Å². The number of aliphatic carboxylic acids is 3. The summed E-state index contributed by atoms with van der Waals surface area (Å²) in [5.41, 5.74) is 3.01. The van der Waals surface area contributed by atoms with Gasteiger partial charge < -0.3 is 41.7 Å². The molecule has 1 aliphatic heterocycles. The number of hydrogen-bond donors (Lipinski definition) is 9. The third-order valence-electron chi connectivity index (χ3n) is 5.29. The molecule has 1 amide bonds. The Hall–Kier alpha value is -3.13. The van der Waals surface area contributed by atoms with Gasteiger partial charge in [0, 0.05) is 11.6 Å². The van der Waals surface area contributed by atoms with Crippen molar-refractivity contribution in [3.8, 4) is 11.5 Å². The van der Waals surface area contributed by atoms with Crippen molar-refractivity contribution in [1.82, 2.24) is 10.6 Å². The first-order valence-electron chi connectivity index (χ1n) is 9.22. The van der Waals surface area contributed by atoms with Crippen molar-refractivity contribution in [2.45, 2.75) is 49.0 Å². The summed E-state index contributed by atoms with van der Waals surface area (Å²) in [6.07, 6.45) is -2.52. The number of aromatic hydroxyl groups is 2. The van der Waals surface area contributed by atoms with Crippen LogP contribution >= 0.6 is 11.6 Å². The van der Waals surface area contributed by atoms with Crippen LogP contribution in [-0.4, -0.2) is 84.2 Å². The molecule has 0 spiro atoms. The molecule has 0 unspecified atom stereocenters. The molecule has 0 aliphatic carbocycles. The molecule has 0 bridgehead atoms. The fourth-order valence-corrected chi connectivity index (χ4v) is 3.73. The monoisotopic (exact) mass is 475 g/mol. The number of carboxylic acids is 3. The fraction of sp³-hybridized carbons (Fsp3) is 0.444. The Morgan fingerprint density at radius 3 is 2.31 bits per heavy atom. The molecular formula is C18H22ClN3O10. The predicted molar refractivity (Wildman–Crippen MR) is 106 cm³/mol. The zero-order chi connectivity index (χ0) is 24.4. The van der Waals surface area contributed by atoms with Gasteiger partial charge in [0.2, 0.25) is 0 Å². The number of nitrogens with one attached hydrogen (secondary N) is 2. The number of hydrogen-bond acceptors (Lipinski definition) is 9.